The highest BCUT2D eigenvalue weighted by Crippen LogP contribution is 2.22. The first kappa shape index (κ1) is 15.8. The number of thioether (sulfide) groups is 1. The Bertz CT molecular complexity index is 501. The smallest absolute Gasteiger partial charge is 0.346 e. The molecule has 1 saturated heterocycles. The number of rotatable bonds is 4. The molecule has 116 valence electrons. The summed E-state index contributed by atoms with van der Waals surface area (Å²) in [5, 5.41) is 4.13. The van der Waals surface area contributed by atoms with Gasteiger partial charge in [-0.1, -0.05) is 18.7 Å². The number of ether oxygens (including phenoxy) is 2. The Labute approximate surface area is 126 Å². The summed E-state index contributed by atoms with van der Waals surface area (Å²) in [5.74, 6) is -0.321. The highest BCUT2D eigenvalue weighted by atomic mass is 32.2. The number of esters is 1. The Kier molecular flexibility index (Phi) is 5.57. The number of amides is 1. The second-order valence-corrected chi connectivity index (χ2v) is 5.56. The van der Waals surface area contributed by atoms with Crippen LogP contribution in [0.5, 0.6) is 0 Å². The number of carbonyl (C=O) groups is 2. The van der Waals surface area contributed by atoms with Gasteiger partial charge in [-0.2, -0.15) is 4.68 Å². The Morgan fingerprint density at radius 3 is 2.81 bits per heavy atom. The molecule has 2 rings (SSSR count). The van der Waals surface area contributed by atoms with Gasteiger partial charge in [0.25, 0.3) is 0 Å². The van der Waals surface area contributed by atoms with Crippen molar-refractivity contribution in [1.29, 1.82) is 0 Å². The van der Waals surface area contributed by atoms with Crippen LogP contribution in [-0.2, 0) is 14.3 Å². The summed E-state index contributed by atoms with van der Waals surface area (Å²) in [4.78, 5) is 29.5. The van der Waals surface area contributed by atoms with E-state index in [4.69, 9.17) is 9.47 Å². The van der Waals surface area contributed by atoms with E-state index in [1.165, 1.54) is 29.9 Å². The molecule has 0 aromatic carbocycles. The quantitative estimate of drug-likeness (QED) is 0.595. The Hall–Kier alpha value is -1.61. The molecule has 1 aromatic rings. The zero-order valence-electron chi connectivity index (χ0n) is 12.0. The van der Waals surface area contributed by atoms with Crippen molar-refractivity contribution < 1.29 is 19.1 Å². The van der Waals surface area contributed by atoms with E-state index in [2.05, 4.69) is 10.1 Å². The predicted octanol–water partition coefficient (Wildman–Crippen LogP) is 0.622. The first-order valence-electron chi connectivity index (χ1n) is 6.69. The molecule has 9 heteroatoms. The van der Waals surface area contributed by atoms with Crippen molar-refractivity contribution >= 4 is 23.8 Å². The van der Waals surface area contributed by atoms with Gasteiger partial charge in [-0.05, 0) is 6.42 Å². The molecule has 0 bridgehead atoms. The fraction of sp³-hybridized carbons (Fsp3) is 0.667. The van der Waals surface area contributed by atoms with E-state index < -0.39 is 0 Å². The minimum atomic E-state index is -0.371. The largest absolute Gasteiger partial charge is 0.468 e. The maximum atomic E-state index is 12.2. The van der Waals surface area contributed by atoms with E-state index in [9.17, 15) is 9.59 Å². The first-order valence-corrected chi connectivity index (χ1v) is 7.56. The van der Waals surface area contributed by atoms with Crippen molar-refractivity contribution in [3.05, 3.63) is 6.33 Å². The Balaban J connectivity index is 2.00. The second kappa shape index (κ2) is 7.41. The summed E-state index contributed by atoms with van der Waals surface area (Å²) < 4.78 is 11.1. The number of carbonyl (C=O) groups excluding carboxylic acids is 2. The van der Waals surface area contributed by atoms with Crippen molar-refractivity contribution in [1.82, 2.24) is 19.7 Å². The van der Waals surface area contributed by atoms with Gasteiger partial charge in [0, 0.05) is 13.1 Å². The highest BCUT2D eigenvalue weighted by molar-refractivity contribution is 8.00. The maximum Gasteiger partial charge on any atom is 0.346 e. The first-order chi connectivity index (χ1) is 10.2. The van der Waals surface area contributed by atoms with Gasteiger partial charge in [0.1, 0.15) is 11.6 Å². The fourth-order valence-electron chi connectivity index (χ4n) is 1.85. The molecule has 0 aliphatic carbocycles. The van der Waals surface area contributed by atoms with Crippen molar-refractivity contribution in [2.75, 3.05) is 33.4 Å². The van der Waals surface area contributed by atoms with Crippen LogP contribution in [0.1, 0.15) is 13.3 Å². The molecule has 1 aliphatic heterocycles. The number of hydrogen-bond donors (Lipinski definition) is 0. The van der Waals surface area contributed by atoms with Gasteiger partial charge >= 0.3 is 12.0 Å². The summed E-state index contributed by atoms with van der Waals surface area (Å²) in [5.41, 5.74) is 0. The molecule has 1 unspecified atom stereocenters. The van der Waals surface area contributed by atoms with E-state index in [0.29, 0.717) is 37.9 Å². The summed E-state index contributed by atoms with van der Waals surface area (Å²) in [6.07, 6.45) is 1.97. The Morgan fingerprint density at radius 1 is 1.48 bits per heavy atom. The molecule has 1 amide bonds. The number of hydrogen-bond acceptors (Lipinski definition) is 7. The molecule has 0 N–H and O–H groups in total. The third-order valence-corrected chi connectivity index (χ3v) is 4.24. The monoisotopic (exact) mass is 314 g/mol. The van der Waals surface area contributed by atoms with Crippen LogP contribution in [0.15, 0.2) is 11.5 Å². The van der Waals surface area contributed by atoms with E-state index in [0.717, 1.165) is 0 Å². The zero-order valence-corrected chi connectivity index (χ0v) is 12.8. The van der Waals surface area contributed by atoms with E-state index >= 15 is 0 Å². The van der Waals surface area contributed by atoms with Gasteiger partial charge in [0.05, 0.1) is 20.3 Å². The SMILES string of the molecule is CCC(Sc1ncn(C(=O)N2CCOCC2)n1)C(=O)OC. The highest BCUT2D eigenvalue weighted by Gasteiger charge is 2.23. The topological polar surface area (TPSA) is 86.5 Å². The molecule has 2 heterocycles. The standard InChI is InChI=1S/C12H18N4O4S/c1-3-9(10(17)19-2)21-11-13-8-16(14-11)12(18)15-4-6-20-7-5-15/h8-9H,3-7H2,1-2H3. The Morgan fingerprint density at radius 2 is 2.19 bits per heavy atom. The van der Waals surface area contributed by atoms with Gasteiger partial charge in [0.2, 0.25) is 5.16 Å². The molecule has 1 atom stereocenters. The predicted molar refractivity (Wildman–Crippen MR) is 75.2 cm³/mol. The van der Waals surface area contributed by atoms with E-state index in [1.54, 1.807) is 4.90 Å². The van der Waals surface area contributed by atoms with Crippen LogP contribution in [-0.4, -0.2) is 70.3 Å². The second-order valence-electron chi connectivity index (χ2n) is 4.39. The third-order valence-electron chi connectivity index (χ3n) is 3.03. The lowest BCUT2D eigenvalue weighted by Gasteiger charge is -2.25. The minimum absolute atomic E-state index is 0.233. The number of aromatic nitrogens is 3. The molecular formula is C12H18N4O4S. The summed E-state index contributed by atoms with van der Waals surface area (Å²) >= 11 is 1.19. The van der Waals surface area contributed by atoms with Gasteiger partial charge in [-0.3, -0.25) is 4.79 Å². The fourth-order valence-corrected chi connectivity index (χ4v) is 2.71. The van der Waals surface area contributed by atoms with Crippen LogP contribution in [0.3, 0.4) is 0 Å². The van der Waals surface area contributed by atoms with E-state index in [-0.39, 0.29) is 17.3 Å². The zero-order chi connectivity index (χ0) is 15.2. The lowest BCUT2D eigenvalue weighted by Crippen LogP contribution is -2.43. The average molecular weight is 314 g/mol. The van der Waals surface area contributed by atoms with Crippen LogP contribution >= 0.6 is 11.8 Å². The van der Waals surface area contributed by atoms with Crippen LogP contribution in [0.25, 0.3) is 0 Å². The van der Waals surface area contributed by atoms with Crippen LogP contribution in [0, 0.1) is 0 Å². The normalized spacial score (nSPS) is 16.6. The number of methoxy groups -OCH3 is 1. The molecule has 21 heavy (non-hydrogen) atoms. The third kappa shape index (κ3) is 3.94. The summed E-state index contributed by atoms with van der Waals surface area (Å²) in [6.45, 7) is 4.02. The molecule has 8 nitrogen and oxygen atoms in total. The van der Waals surface area contributed by atoms with Crippen molar-refractivity contribution in [2.45, 2.75) is 23.8 Å². The molecule has 1 aliphatic rings. The maximum absolute atomic E-state index is 12.2. The number of nitrogens with zero attached hydrogens (tertiary/aromatic N) is 4. The van der Waals surface area contributed by atoms with Crippen LogP contribution in [0.2, 0.25) is 0 Å². The molecule has 0 radical (unpaired) electrons. The van der Waals surface area contributed by atoms with Crippen LogP contribution < -0.4 is 0 Å². The number of morpholine rings is 1. The van der Waals surface area contributed by atoms with Crippen molar-refractivity contribution in [3.63, 3.8) is 0 Å². The lowest BCUT2D eigenvalue weighted by molar-refractivity contribution is -0.140. The summed E-state index contributed by atoms with van der Waals surface area (Å²) in [7, 11) is 1.35. The molecule has 1 aromatic heterocycles. The van der Waals surface area contributed by atoms with Crippen molar-refractivity contribution in [3.8, 4) is 0 Å². The lowest BCUT2D eigenvalue weighted by atomic mass is 10.3. The molecule has 0 spiro atoms. The van der Waals surface area contributed by atoms with Gasteiger partial charge in [-0.15, -0.1) is 5.10 Å². The van der Waals surface area contributed by atoms with Gasteiger partial charge < -0.3 is 14.4 Å². The molecule has 0 saturated carbocycles. The summed E-state index contributed by atoms with van der Waals surface area (Å²) in [6, 6.07) is -0.233. The van der Waals surface area contributed by atoms with Crippen LogP contribution in [0.4, 0.5) is 4.79 Å². The molecular weight excluding hydrogens is 296 g/mol. The average Bonchev–Trinajstić information content (AvgIpc) is 3.00. The van der Waals surface area contributed by atoms with Gasteiger partial charge in [0.15, 0.2) is 0 Å². The van der Waals surface area contributed by atoms with Gasteiger partial charge in [-0.25, -0.2) is 9.78 Å². The van der Waals surface area contributed by atoms with Crippen molar-refractivity contribution in [2.24, 2.45) is 0 Å². The van der Waals surface area contributed by atoms with E-state index in [1.807, 2.05) is 6.92 Å². The molecule has 1 fully saturated rings. The minimum Gasteiger partial charge on any atom is -0.468 e.